The number of nitrogens with one attached hydrogen (secondary N) is 2. The SMILES string of the molecule is Cc1ccc(OCC(=O)Nc2ccc(Nc3c(C)cccc3C)nc2)cc1. The number of hydrogen-bond donors (Lipinski definition) is 2. The van der Waals surface area contributed by atoms with Crippen molar-refractivity contribution < 1.29 is 9.53 Å². The summed E-state index contributed by atoms with van der Waals surface area (Å²) in [6, 6.07) is 17.4. The van der Waals surface area contributed by atoms with Gasteiger partial charge in [-0.1, -0.05) is 35.9 Å². The number of hydrogen-bond acceptors (Lipinski definition) is 4. The number of aromatic nitrogens is 1. The van der Waals surface area contributed by atoms with Crippen molar-refractivity contribution in [3.8, 4) is 5.75 Å². The highest BCUT2D eigenvalue weighted by Crippen LogP contribution is 2.23. The summed E-state index contributed by atoms with van der Waals surface area (Å²) in [6.45, 7) is 6.06. The summed E-state index contributed by atoms with van der Waals surface area (Å²) in [4.78, 5) is 16.4. The van der Waals surface area contributed by atoms with Crippen LogP contribution in [0.2, 0.25) is 0 Å². The Morgan fingerprint density at radius 1 is 0.963 bits per heavy atom. The van der Waals surface area contributed by atoms with Crippen molar-refractivity contribution in [2.75, 3.05) is 17.2 Å². The highest BCUT2D eigenvalue weighted by atomic mass is 16.5. The maximum atomic E-state index is 12.0. The van der Waals surface area contributed by atoms with E-state index >= 15 is 0 Å². The molecule has 3 aromatic rings. The Kier molecular flexibility index (Phi) is 5.71. The molecule has 0 aliphatic carbocycles. The average molecular weight is 361 g/mol. The Hall–Kier alpha value is -3.34. The molecule has 1 heterocycles. The van der Waals surface area contributed by atoms with Crippen LogP contribution in [0.1, 0.15) is 16.7 Å². The predicted molar refractivity (Wildman–Crippen MR) is 109 cm³/mol. The Labute approximate surface area is 159 Å². The molecular weight excluding hydrogens is 338 g/mol. The van der Waals surface area contributed by atoms with Crippen LogP contribution in [0, 0.1) is 20.8 Å². The molecular formula is C22H23N3O2. The zero-order valence-corrected chi connectivity index (χ0v) is 15.7. The molecule has 0 fully saturated rings. The Balaban J connectivity index is 1.55. The van der Waals surface area contributed by atoms with Crippen molar-refractivity contribution in [3.63, 3.8) is 0 Å². The van der Waals surface area contributed by atoms with Gasteiger partial charge in [0.25, 0.3) is 5.91 Å². The molecule has 0 bridgehead atoms. The second-order valence-corrected chi connectivity index (χ2v) is 6.47. The third-order valence-electron chi connectivity index (χ3n) is 4.17. The third kappa shape index (κ3) is 5.07. The van der Waals surface area contributed by atoms with Gasteiger partial charge in [-0.15, -0.1) is 0 Å². The van der Waals surface area contributed by atoms with Gasteiger partial charge in [0.15, 0.2) is 6.61 Å². The number of anilines is 3. The van der Waals surface area contributed by atoms with Crippen LogP contribution in [-0.4, -0.2) is 17.5 Å². The van der Waals surface area contributed by atoms with E-state index in [1.54, 1.807) is 6.20 Å². The molecule has 5 nitrogen and oxygen atoms in total. The normalized spacial score (nSPS) is 10.3. The van der Waals surface area contributed by atoms with Crippen LogP contribution >= 0.6 is 0 Å². The smallest absolute Gasteiger partial charge is 0.262 e. The number of rotatable bonds is 6. The number of carbonyl (C=O) groups excluding carboxylic acids is 1. The molecule has 1 aromatic heterocycles. The van der Waals surface area contributed by atoms with Gasteiger partial charge in [-0.2, -0.15) is 0 Å². The Bertz CT molecular complexity index is 899. The molecule has 138 valence electrons. The summed E-state index contributed by atoms with van der Waals surface area (Å²) in [5.41, 5.74) is 5.13. The van der Waals surface area contributed by atoms with E-state index < -0.39 is 0 Å². The standard InChI is InChI=1S/C22H23N3O2/c1-15-7-10-19(11-8-15)27-14-21(26)24-18-9-12-20(23-13-18)25-22-16(2)5-4-6-17(22)3/h4-13H,14H2,1-3H3,(H,23,25)(H,24,26). The summed E-state index contributed by atoms with van der Waals surface area (Å²) in [7, 11) is 0. The van der Waals surface area contributed by atoms with E-state index in [9.17, 15) is 4.79 Å². The molecule has 0 atom stereocenters. The van der Waals surface area contributed by atoms with Crippen LogP contribution in [0.3, 0.4) is 0 Å². The van der Waals surface area contributed by atoms with Crippen molar-refractivity contribution in [1.82, 2.24) is 4.98 Å². The van der Waals surface area contributed by atoms with Crippen molar-refractivity contribution in [2.24, 2.45) is 0 Å². The predicted octanol–water partition coefficient (Wildman–Crippen LogP) is 4.77. The van der Waals surface area contributed by atoms with Crippen LogP contribution in [0.4, 0.5) is 17.2 Å². The second-order valence-electron chi connectivity index (χ2n) is 6.47. The molecule has 5 heteroatoms. The van der Waals surface area contributed by atoms with E-state index in [4.69, 9.17) is 4.74 Å². The maximum absolute atomic E-state index is 12.0. The molecule has 0 aliphatic heterocycles. The Morgan fingerprint density at radius 3 is 2.30 bits per heavy atom. The highest BCUT2D eigenvalue weighted by Gasteiger charge is 2.06. The molecule has 1 amide bonds. The zero-order valence-electron chi connectivity index (χ0n) is 15.7. The number of amides is 1. The Morgan fingerprint density at radius 2 is 1.67 bits per heavy atom. The summed E-state index contributed by atoms with van der Waals surface area (Å²) in [5, 5.41) is 6.11. The van der Waals surface area contributed by atoms with Gasteiger partial charge in [0.2, 0.25) is 0 Å². The molecule has 0 spiro atoms. The van der Waals surface area contributed by atoms with E-state index in [-0.39, 0.29) is 12.5 Å². The average Bonchev–Trinajstić information content (AvgIpc) is 2.66. The lowest BCUT2D eigenvalue weighted by Gasteiger charge is -2.12. The molecule has 0 saturated carbocycles. The number of aryl methyl sites for hydroxylation is 3. The lowest BCUT2D eigenvalue weighted by Crippen LogP contribution is -2.20. The number of para-hydroxylation sites is 1. The molecule has 0 saturated heterocycles. The monoisotopic (exact) mass is 361 g/mol. The summed E-state index contributed by atoms with van der Waals surface area (Å²) < 4.78 is 5.48. The topological polar surface area (TPSA) is 63.2 Å². The third-order valence-corrected chi connectivity index (χ3v) is 4.17. The summed E-state index contributed by atoms with van der Waals surface area (Å²) in [5.74, 6) is 1.16. The van der Waals surface area contributed by atoms with Gasteiger partial charge in [-0.05, 0) is 56.2 Å². The molecule has 2 N–H and O–H groups in total. The zero-order chi connectivity index (χ0) is 19.2. The summed E-state index contributed by atoms with van der Waals surface area (Å²) in [6.07, 6.45) is 1.62. The van der Waals surface area contributed by atoms with Crippen LogP contribution in [-0.2, 0) is 4.79 Å². The van der Waals surface area contributed by atoms with Crippen LogP contribution < -0.4 is 15.4 Å². The van der Waals surface area contributed by atoms with Gasteiger partial charge in [0.05, 0.1) is 11.9 Å². The minimum Gasteiger partial charge on any atom is -0.484 e. The van der Waals surface area contributed by atoms with Crippen molar-refractivity contribution in [3.05, 3.63) is 77.5 Å². The van der Waals surface area contributed by atoms with E-state index in [0.717, 1.165) is 28.2 Å². The maximum Gasteiger partial charge on any atom is 0.262 e. The fraction of sp³-hybridized carbons (Fsp3) is 0.182. The van der Waals surface area contributed by atoms with Gasteiger partial charge in [0.1, 0.15) is 11.6 Å². The molecule has 27 heavy (non-hydrogen) atoms. The van der Waals surface area contributed by atoms with E-state index in [0.29, 0.717) is 11.4 Å². The van der Waals surface area contributed by atoms with Crippen molar-refractivity contribution in [1.29, 1.82) is 0 Å². The quantitative estimate of drug-likeness (QED) is 0.664. The molecule has 0 aliphatic rings. The van der Waals surface area contributed by atoms with Crippen LogP contribution in [0.5, 0.6) is 5.75 Å². The highest BCUT2D eigenvalue weighted by molar-refractivity contribution is 5.91. The number of carbonyl (C=O) groups is 1. The fourth-order valence-electron chi connectivity index (χ4n) is 2.66. The summed E-state index contributed by atoms with van der Waals surface area (Å²) >= 11 is 0. The largest absolute Gasteiger partial charge is 0.484 e. The number of ether oxygens (including phenoxy) is 1. The van der Waals surface area contributed by atoms with Crippen LogP contribution in [0.25, 0.3) is 0 Å². The number of nitrogens with zero attached hydrogens (tertiary/aromatic N) is 1. The first-order valence-electron chi connectivity index (χ1n) is 8.80. The van der Waals surface area contributed by atoms with Crippen LogP contribution in [0.15, 0.2) is 60.8 Å². The first kappa shape index (κ1) is 18.5. The fourth-order valence-corrected chi connectivity index (χ4v) is 2.66. The molecule has 0 unspecified atom stereocenters. The van der Waals surface area contributed by atoms with Gasteiger partial charge in [-0.3, -0.25) is 4.79 Å². The van der Waals surface area contributed by atoms with E-state index in [2.05, 4.69) is 41.6 Å². The first-order chi connectivity index (χ1) is 13.0. The number of pyridine rings is 1. The minimum absolute atomic E-state index is 0.0501. The van der Waals surface area contributed by atoms with Crippen molar-refractivity contribution >= 4 is 23.1 Å². The minimum atomic E-state index is -0.229. The van der Waals surface area contributed by atoms with E-state index in [1.165, 1.54) is 0 Å². The number of benzene rings is 2. The molecule has 2 aromatic carbocycles. The van der Waals surface area contributed by atoms with Gasteiger partial charge in [0, 0.05) is 5.69 Å². The van der Waals surface area contributed by atoms with E-state index in [1.807, 2.05) is 49.4 Å². The van der Waals surface area contributed by atoms with Gasteiger partial charge < -0.3 is 15.4 Å². The second kappa shape index (κ2) is 8.36. The lowest BCUT2D eigenvalue weighted by atomic mass is 10.1. The van der Waals surface area contributed by atoms with Gasteiger partial charge in [-0.25, -0.2) is 4.98 Å². The first-order valence-corrected chi connectivity index (χ1v) is 8.80. The molecule has 0 radical (unpaired) electrons. The lowest BCUT2D eigenvalue weighted by molar-refractivity contribution is -0.118. The van der Waals surface area contributed by atoms with Crippen molar-refractivity contribution in [2.45, 2.75) is 20.8 Å². The van der Waals surface area contributed by atoms with Gasteiger partial charge >= 0.3 is 0 Å². The molecule has 3 rings (SSSR count).